The third kappa shape index (κ3) is 11.1. The number of amides is 6. The maximum Gasteiger partial charge on any atom is 0.338 e. The summed E-state index contributed by atoms with van der Waals surface area (Å²) in [6.45, 7) is 5.06. The highest BCUT2D eigenvalue weighted by atomic mass is 16.6. The number of hydrogen-bond acceptors (Lipinski definition) is 13. The summed E-state index contributed by atoms with van der Waals surface area (Å²) in [6, 6.07) is 2.61. The van der Waals surface area contributed by atoms with Crippen molar-refractivity contribution in [2.75, 3.05) is 53.5 Å². The predicted molar refractivity (Wildman–Crippen MR) is 232 cm³/mol. The molecular weight excluding hydrogens is 847 g/mol. The Labute approximate surface area is 377 Å². The van der Waals surface area contributed by atoms with Gasteiger partial charge in [0.1, 0.15) is 29.3 Å². The number of hydrogen-bond donors (Lipinski definition) is 3. The second-order valence-corrected chi connectivity index (χ2v) is 17.5. The summed E-state index contributed by atoms with van der Waals surface area (Å²) < 4.78 is 16.0. The Kier molecular flexibility index (Phi) is 15.5. The standard InChI is InChI=1S/C26H32N4O8.C19H29N3O5/c1-3-37-24(33)26-15-18(26)8-6-4-5-7-13-28(2)25(34)29-16-20(14-21(29)22(31)27-26)38-23(32)17-9-11-19(12-10-17)30(35)36;1-3-27-17(25)19-11-13(19)8-6-4-5-7-9-21(2)18(26)22-12-14(23)10-15(22)16(24)20-19/h6,8-12,18,20-21H,3-5,7,13-16H2,1-2H3,(H,27,31);6,8,13-15,23H,3-5,7,9-12H2,1-2H3,(H,20,24)/b2*8-6-/t18-,20-,21+,26-;13-,14-,15+,19-/m11/s1. The molecule has 354 valence electrons. The zero-order chi connectivity index (χ0) is 47.1. The summed E-state index contributed by atoms with van der Waals surface area (Å²) in [6.07, 6.45) is 12.6. The lowest BCUT2D eigenvalue weighted by Gasteiger charge is -2.30. The van der Waals surface area contributed by atoms with E-state index in [9.17, 15) is 48.8 Å². The summed E-state index contributed by atoms with van der Waals surface area (Å²) in [5.74, 6) is -2.87. The highest BCUT2D eigenvalue weighted by molar-refractivity contribution is 5.96. The van der Waals surface area contributed by atoms with E-state index >= 15 is 0 Å². The first-order valence-electron chi connectivity index (χ1n) is 22.5. The number of allylic oxidation sites excluding steroid dienone is 2. The lowest BCUT2D eigenvalue weighted by Crippen LogP contribution is -2.55. The Morgan fingerprint density at radius 2 is 1.23 bits per heavy atom. The molecule has 3 N–H and O–H groups in total. The predicted octanol–water partition coefficient (Wildman–Crippen LogP) is 3.08. The van der Waals surface area contributed by atoms with Crippen LogP contribution in [0.3, 0.4) is 0 Å². The van der Waals surface area contributed by atoms with E-state index in [2.05, 4.69) is 10.6 Å². The molecule has 2 saturated carbocycles. The zero-order valence-corrected chi connectivity index (χ0v) is 37.5. The van der Waals surface area contributed by atoms with Crippen LogP contribution in [0.2, 0.25) is 0 Å². The van der Waals surface area contributed by atoms with Crippen molar-refractivity contribution in [3.05, 3.63) is 64.2 Å². The molecule has 4 heterocycles. The van der Waals surface area contributed by atoms with Crippen LogP contribution in [0.15, 0.2) is 48.6 Å². The number of carbonyl (C=O) groups is 7. The number of carbonyl (C=O) groups excluding carboxylic acids is 7. The van der Waals surface area contributed by atoms with Gasteiger partial charge in [0.05, 0.1) is 36.3 Å². The van der Waals surface area contributed by atoms with Gasteiger partial charge in [0, 0.05) is 70.5 Å². The van der Waals surface area contributed by atoms with Gasteiger partial charge in [-0.3, -0.25) is 19.7 Å². The van der Waals surface area contributed by atoms with Crippen molar-refractivity contribution in [2.24, 2.45) is 11.8 Å². The summed E-state index contributed by atoms with van der Waals surface area (Å²) in [4.78, 5) is 107. The number of ether oxygens (including phenoxy) is 3. The molecule has 65 heavy (non-hydrogen) atoms. The summed E-state index contributed by atoms with van der Waals surface area (Å²) >= 11 is 0. The van der Waals surface area contributed by atoms with E-state index < -0.39 is 70.0 Å². The molecule has 0 radical (unpaired) electrons. The number of rotatable bonds is 7. The number of nitrogens with zero attached hydrogens (tertiary/aromatic N) is 5. The smallest absolute Gasteiger partial charge is 0.338 e. The van der Waals surface area contributed by atoms with E-state index in [4.69, 9.17) is 14.2 Å². The number of aliphatic hydroxyl groups is 1. The van der Waals surface area contributed by atoms with Crippen molar-refractivity contribution >= 4 is 47.5 Å². The van der Waals surface area contributed by atoms with Crippen LogP contribution in [0.4, 0.5) is 15.3 Å². The van der Waals surface area contributed by atoms with Crippen LogP contribution in [0.25, 0.3) is 0 Å². The molecule has 8 atom stereocenters. The number of nitrogens with one attached hydrogen (secondary N) is 2. The van der Waals surface area contributed by atoms with Crippen LogP contribution in [0, 0.1) is 22.0 Å². The fourth-order valence-corrected chi connectivity index (χ4v) is 8.95. The van der Waals surface area contributed by atoms with Gasteiger partial charge < -0.3 is 49.6 Å². The lowest BCUT2D eigenvalue weighted by molar-refractivity contribution is -0.384. The van der Waals surface area contributed by atoms with Gasteiger partial charge in [-0.25, -0.2) is 24.0 Å². The van der Waals surface area contributed by atoms with Crippen LogP contribution >= 0.6 is 0 Å². The molecule has 0 spiro atoms. The van der Waals surface area contributed by atoms with E-state index in [0.717, 1.165) is 38.5 Å². The van der Waals surface area contributed by atoms with Crippen molar-refractivity contribution < 1.29 is 57.8 Å². The van der Waals surface area contributed by atoms with Gasteiger partial charge in [0.15, 0.2) is 0 Å². The number of urea groups is 2. The number of nitro groups is 1. The summed E-state index contributed by atoms with van der Waals surface area (Å²) in [5.41, 5.74) is -2.28. The topological polar surface area (TPSA) is 248 Å². The highest BCUT2D eigenvalue weighted by Gasteiger charge is 2.63. The average Bonchev–Trinajstić information content (AvgIpc) is 4.05. The monoisotopic (exact) mass is 907 g/mol. The SMILES string of the molecule is CCOC(=O)[C@@]12C[C@H]1/C=C\CCCCN(C)C(=O)N1C[C@H](O)C[C@H]1C(=O)N2.CCOC(=O)[C@@]12C[C@H]1/C=C\CCCCN(C)C(=O)N1C[C@H](OC(=O)c3ccc([N+](=O)[O-])cc3)C[C@H]1C(=O)N2. The van der Waals surface area contributed by atoms with Crippen molar-refractivity contribution in [3.8, 4) is 0 Å². The largest absolute Gasteiger partial charge is 0.464 e. The molecule has 20 heteroatoms. The molecule has 2 saturated heterocycles. The lowest BCUT2D eigenvalue weighted by atomic mass is 10.1. The van der Waals surface area contributed by atoms with Gasteiger partial charge >= 0.3 is 30.0 Å². The first-order chi connectivity index (χ1) is 31.0. The third-order valence-corrected chi connectivity index (χ3v) is 12.8. The Bertz CT molecular complexity index is 2050. The van der Waals surface area contributed by atoms with Crippen LogP contribution < -0.4 is 10.6 Å². The molecule has 2 aliphatic carbocycles. The van der Waals surface area contributed by atoms with Crippen molar-refractivity contribution in [2.45, 2.75) is 113 Å². The van der Waals surface area contributed by atoms with Crippen LogP contribution in [-0.4, -0.2) is 160 Å². The minimum absolute atomic E-state index is 0.00425. The number of non-ortho nitro benzene ring substituents is 1. The van der Waals surface area contributed by atoms with Crippen molar-refractivity contribution in [1.29, 1.82) is 0 Å². The van der Waals surface area contributed by atoms with Gasteiger partial charge in [-0.05, 0) is 77.3 Å². The molecule has 0 unspecified atom stereocenters. The molecule has 7 rings (SSSR count). The van der Waals surface area contributed by atoms with E-state index in [1.165, 1.54) is 39.0 Å². The fraction of sp³-hybridized carbons (Fsp3) is 0.622. The first-order valence-corrected chi connectivity index (χ1v) is 22.5. The maximum absolute atomic E-state index is 13.5. The Morgan fingerprint density at radius 3 is 1.71 bits per heavy atom. The number of fused-ring (bicyclic) bond motifs is 4. The normalized spacial score (nSPS) is 31.3. The van der Waals surface area contributed by atoms with Gasteiger partial charge in [-0.15, -0.1) is 0 Å². The number of nitro benzene ring substituents is 1. The van der Waals surface area contributed by atoms with Gasteiger partial charge in [0.25, 0.3) is 5.69 Å². The van der Waals surface area contributed by atoms with E-state index in [-0.39, 0.29) is 74.3 Å². The fourth-order valence-electron chi connectivity index (χ4n) is 8.95. The quantitative estimate of drug-likeness (QED) is 0.117. The van der Waals surface area contributed by atoms with Crippen LogP contribution in [0.1, 0.15) is 88.4 Å². The second kappa shape index (κ2) is 20.8. The molecule has 4 fully saturated rings. The molecule has 1 aromatic rings. The van der Waals surface area contributed by atoms with Crippen molar-refractivity contribution in [1.82, 2.24) is 30.2 Å². The number of benzene rings is 1. The van der Waals surface area contributed by atoms with Crippen LogP contribution in [0.5, 0.6) is 0 Å². The van der Waals surface area contributed by atoms with E-state index in [1.807, 2.05) is 24.3 Å². The van der Waals surface area contributed by atoms with Crippen LogP contribution in [-0.2, 0) is 33.4 Å². The minimum atomic E-state index is -1.18. The zero-order valence-electron chi connectivity index (χ0n) is 37.5. The summed E-state index contributed by atoms with van der Waals surface area (Å²) in [5, 5.41) is 26.6. The molecule has 20 nitrogen and oxygen atoms in total. The highest BCUT2D eigenvalue weighted by Crippen LogP contribution is 2.47. The summed E-state index contributed by atoms with van der Waals surface area (Å²) in [7, 11) is 3.37. The maximum atomic E-state index is 13.5. The van der Waals surface area contributed by atoms with Crippen molar-refractivity contribution in [3.63, 3.8) is 0 Å². The second-order valence-electron chi connectivity index (χ2n) is 17.5. The van der Waals surface area contributed by atoms with Gasteiger partial charge in [-0.1, -0.05) is 24.3 Å². The third-order valence-electron chi connectivity index (χ3n) is 12.8. The minimum Gasteiger partial charge on any atom is -0.464 e. The average molecular weight is 908 g/mol. The van der Waals surface area contributed by atoms with E-state index in [0.29, 0.717) is 25.9 Å². The number of aliphatic hydroxyl groups excluding tert-OH is 1. The molecular formula is C45H61N7O13. The molecule has 0 aromatic heterocycles. The Hall–Kier alpha value is -6.05. The molecule has 6 amide bonds. The van der Waals surface area contributed by atoms with E-state index in [1.54, 1.807) is 32.8 Å². The van der Waals surface area contributed by atoms with Gasteiger partial charge in [0.2, 0.25) is 11.8 Å². The molecule has 1 aromatic carbocycles. The molecule has 0 bridgehead atoms. The Morgan fingerprint density at radius 1 is 0.754 bits per heavy atom. The first kappa shape index (κ1) is 48.4. The molecule has 6 aliphatic rings. The Balaban J connectivity index is 0.000000228. The van der Waals surface area contributed by atoms with Gasteiger partial charge in [-0.2, -0.15) is 0 Å². The number of esters is 3. The molecule has 4 aliphatic heterocycles.